The monoisotopic (exact) mass is 206 g/mol. The van der Waals surface area contributed by atoms with Crippen LogP contribution in [0.4, 0.5) is 13.2 Å². The smallest absolute Gasteiger partial charge is 0.404 e. The van der Waals surface area contributed by atoms with Gasteiger partial charge in [-0.15, -0.1) is 13.2 Å². The number of hydrogen-bond acceptors (Lipinski definition) is 3. The molecule has 0 spiro atoms. The lowest BCUT2D eigenvalue weighted by molar-refractivity contribution is -0.275. The van der Waals surface area contributed by atoms with E-state index in [1.54, 1.807) is 6.92 Å². The second-order valence-electron chi connectivity index (χ2n) is 2.69. The molecule has 1 aromatic heterocycles. The summed E-state index contributed by atoms with van der Waals surface area (Å²) in [5.74, 6) is -0.333. The molecule has 1 aromatic rings. The first-order valence-electron chi connectivity index (χ1n) is 3.83. The maximum atomic E-state index is 11.9. The van der Waals surface area contributed by atoms with Crippen LogP contribution in [0.1, 0.15) is 11.1 Å². The minimum absolute atomic E-state index is 0.0141. The summed E-state index contributed by atoms with van der Waals surface area (Å²) in [4.78, 5) is 3.60. The van der Waals surface area contributed by atoms with E-state index in [1.807, 2.05) is 0 Å². The minimum atomic E-state index is -4.71. The van der Waals surface area contributed by atoms with Gasteiger partial charge in [0.15, 0.2) is 5.75 Å². The van der Waals surface area contributed by atoms with Crippen LogP contribution in [-0.4, -0.2) is 11.3 Å². The molecule has 0 saturated carbocycles. The summed E-state index contributed by atoms with van der Waals surface area (Å²) in [5, 5.41) is 0. The highest BCUT2D eigenvalue weighted by molar-refractivity contribution is 5.36. The Morgan fingerprint density at radius 2 is 2.07 bits per heavy atom. The Morgan fingerprint density at radius 1 is 1.43 bits per heavy atom. The lowest BCUT2D eigenvalue weighted by Crippen LogP contribution is -2.19. The van der Waals surface area contributed by atoms with Crippen LogP contribution in [0.3, 0.4) is 0 Å². The molecule has 78 valence electrons. The zero-order chi connectivity index (χ0) is 10.8. The van der Waals surface area contributed by atoms with Gasteiger partial charge in [-0.3, -0.25) is 4.98 Å². The van der Waals surface area contributed by atoms with E-state index in [4.69, 9.17) is 5.73 Å². The minimum Gasteiger partial charge on any atom is -0.404 e. The van der Waals surface area contributed by atoms with E-state index in [-0.39, 0.29) is 12.3 Å². The molecule has 0 radical (unpaired) electrons. The van der Waals surface area contributed by atoms with Crippen LogP contribution in [0.25, 0.3) is 0 Å². The quantitative estimate of drug-likeness (QED) is 0.801. The number of halogens is 3. The lowest BCUT2D eigenvalue weighted by Gasteiger charge is -2.13. The maximum Gasteiger partial charge on any atom is 0.573 e. The molecule has 0 unspecified atom stereocenters. The number of ether oxygens (including phenoxy) is 1. The van der Waals surface area contributed by atoms with E-state index in [0.717, 1.165) is 6.20 Å². The molecule has 6 heteroatoms. The van der Waals surface area contributed by atoms with E-state index in [9.17, 15) is 13.2 Å². The van der Waals surface area contributed by atoms with Crippen LogP contribution >= 0.6 is 0 Å². The van der Waals surface area contributed by atoms with Gasteiger partial charge in [0.2, 0.25) is 0 Å². The van der Waals surface area contributed by atoms with Crippen LogP contribution < -0.4 is 10.5 Å². The van der Waals surface area contributed by atoms with Crippen molar-refractivity contribution >= 4 is 0 Å². The first-order valence-corrected chi connectivity index (χ1v) is 3.83. The predicted octanol–water partition coefficient (Wildman–Crippen LogP) is 1.75. The number of nitrogens with zero attached hydrogens (tertiary/aromatic N) is 1. The van der Waals surface area contributed by atoms with Crippen LogP contribution in [0.5, 0.6) is 5.75 Å². The second-order valence-corrected chi connectivity index (χ2v) is 2.69. The van der Waals surface area contributed by atoms with Gasteiger partial charge in [-0.2, -0.15) is 0 Å². The molecule has 0 aromatic carbocycles. The van der Waals surface area contributed by atoms with Crippen molar-refractivity contribution in [2.24, 2.45) is 5.73 Å². The molecule has 0 aliphatic heterocycles. The average Bonchev–Trinajstić information content (AvgIpc) is 2.01. The van der Waals surface area contributed by atoms with Crippen molar-refractivity contribution < 1.29 is 17.9 Å². The summed E-state index contributed by atoms with van der Waals surface area (Å²) in [5.41, 5.74) is 6.19. The topological polar surface area (TPSA) is 48.1 Å². The molecular formula is C8H9F3N2O. The van der Waals surface area contributed by atoms with Gasteiger partial charge < -0.3 is 10.5 Å². The van der Waals surface area contributed by atoms with Gasteiger partial charge >= 0.3 is 6.36 Å². The normalized spacial score (nSPS) is 11.5. The van der Waals surface area contributed by atoms with Gasteiger partial charge in [-0.25, -0.2) is 0 Å². The van der Waals surface area contributed by atoms with Crippen LogP contribution in [0, 0.1) is 6.92 Å². The SMILES string of the molecule is Cc1cncc(OC(F)(F)F)c1CN. The molecule has 0 aliphatic rings. The van der Waals surface area contributed by atoms with Crippen molar-refractivity contribution in [1.82, 2.24) is 4.98 Å². The van der Waals surface area contributed by atoms with E-state index in [2.05, 4.69) is 9.72 Å². The van der Waals surface area contributed by atoms with Crippen LogP contribution in [-0.2, 0) is 6.54 Å². The first kappa shape index (κ1) is 10.8. The van der Waals surface area contributed by atoms with E-state index >= 15 is 0 Å². The Morgan fingerprint density at radius 3 is 2.57 bits per heavy atom. The fourth-order valence-corrected chi connectivity index (χ4v) is 1.04. The van der Waals surface area contributed by atoms with Crippen molar-refractivity contribution in [1.29, 1.82) is 0 Å². The molecular weight excluding hydrogens is 197 g/mol. The number of alkyl halides is 3. The molecule has 0 saturated heterocycles. The highest BCUT2D eigenvalue weighted by Crippen LogP contribution is 2.26. The maximum absolute atomic E-state index is 11.9. The van der Waals surface area contributed by atoms with Crippen molar-refractivity contribution in [2.45, 2.75) is 19.8 Å². The first-order chi connectivity index (χ1) is 6.44. The number of aromatic nitrogens is 1. The Hall–Kier alpha value is -1.30. The number of nitrogens with two attached hydrogens (primary N) is 1. The third-order valence-electron chi connectivity index (χ3n) is 1.66. The molecule has 0 aliphatic carbocycles. The molecule has 14 heavy (non-hydrogen) atoms. The molecule has 1 rings (SSSR count). The zero-order valence-electron chi connectivity index (χ0n) is 7.43. The fourth-order valence-electron chi connectivity index (χ4n) is 1.04. The molecule has 0 atom stereocenters. The van der Waals surface area contributed by atoms with Gasteiger partial charge in [0.1, 0.15) is 0 Å². The fraction of sp³-hybridized carbons (Fsp3) is 0.375. The predicted molar refractivity (Wildman–Crippen MR) is 43.5 cm³/mol. The van der Waals surface area contributed by atoms with Crippen molar-refractivity contribution in [2.75, 3.05) is 0 Å². The van der Waals surface area contributed by atoms with Gasteiger partial charge in [-0.1, -0.05) is 0 Å². The molecule has 3 nitrogen and oxygen atoms in total. The lowest BCUT2D eigenvalue weighted by atomic mass is 10.1. The largest absolute Gasteiger partial charge is 0.573 e. The van der Waals surface area contributed by atoms with Gasteiger partial charge in [-0.05, 0) is 12.5 Å². The van der Waals surface area contributed by atoms with Crippen molar-refractivity contribution in [3.8, 4) is 5.75 Å². The Balaban J connectivity index is 3.02. The summed E-state index contributed by atoms with van der Waals surface area (Å²) in [6.45, 7) is 1.61. The van der Waals surface area contributed by atoms with E-state index < -0.39 is 6.36 Å². The Labute approximate surface area is 78.7 Å². The van der Waals surface area contributed by atoms with Crippen molar-refractivity contribution in [3.05, 3.63) is 23.5 Å². The third-order valence-corrected chi connectivity index (χ3v) is 1.66. The second kappa shape index (κ2) is 3.83. The van der Waals surface area contributed by atoms with Crippen LogP contribution in [0.15, 0.2) is 12.4 Å². The average molecular weight is 206 g/mol. The molecule has 0 fully saturated rings. The highest BCUT2D eigenvalue weighted by atomic mass is 19.4. The van der Waals surface area contributed by atoms with Crippen molar-refractivity contribution in [3.63, 3.8) is 0 Å². The summed E-state index contributed by atoms with van der Waals surface area (Å²) in [6, 6.07) is 0. The summed E-state index contributed by atoms with van der Waals surface area (Å²) < 4.78 is 39.5. The number of hydrogen-bond donors (Lipinski definition) is 1. The molecule has 2 N–H and O–H groups in total. The van der Waals surface area contributed by atoms with E-state index in [0.29, 0.717) is 11.1 Å². The highest BCUT2D eigenvalue weighted by Gasteiger charge is 2.32. The van der Waals surface area contributed by atoms with Gasteiger partial charge in [0.25, 0.3) is 0 Å². The van der Waals surface area contributed by atoms with Gasteiger partial charge in [0.05, 0.1) is 6.20 Å². The van der Waals surface area contributed by atoms with Crippen LogP contribution in [0.2, 0.25) is 0 Å². The Kier molecular flexibility index (Phi) is 2.95. The molecule has 0 bridgehead atoms. The number of rotatable bonds is 2. The zero-order valence-corrected chi connectivity index (χ0v) is 7.43. The summed E-state index contributed by atoms with van der Waals surface area (Å²) >= 11 is 0. The van der Waals surface area contributed by atoms with Gasteiger partial charge in [0, 0.05) is 18.3 Å². The number of pyridine rings is 1. The summed E-state index contributed by atoms with van der Waals surface area (Å²) in [7, 11) is 0. The molecule has 0 amide bonds. The number of aryl methyl sites for hydroxylation is 1. The Bertz CT molecular complexity index is 325. The molecule has 1 heterocycles. The standard InChI is InChI=1S/C8H9F3N2O/c1-5-3-13-4-7(6(5)2-12)14-8(9,10)11/h3-4H,2,12H2,1H3. The summed E-state index contributed by atoms with van der Waals surface area (Å²) in [6.07, 6.45) is -2.27. The third kappa shape index (κ3) is 2.59. The van der Waals surface area contributed by atoms with E-state index in [1.165, 1.54) is 6.20 Å².